The van der Waals surface area contributed by atoms with E-state index in [0.29, 0.717) is 36.9 Å². The quantitative estimate of drug-likeness (QED) is 0.861. The molecule has 1 saturated carbocycles. The summed E-state index contributed by atoms with van der Waals surface area (Å²) in [5.74, 6) is 0.339. The van der Waals surface area contributed by atoms with Gasteiger partial charge in [-0.2, -0.15) is 10.4 Å². The van der Waals surface area contributed by atoms with Gasteiger partial charge in [0.05, 0.1) is 24.6 Å². The number of anilines is 2. The maximum atomic E-state index is 11.8. The predicted molar refractivity (Wildman–Crippen MR) is 96.0 cm³/mol. The van der Waals surface area contributed by atoms with Crippen LogP contribution in [0.25, 0.3) is 0 Å². The largest absolute Gasteiger partial charge is 0.379 e. The standard InChI is InChI=1S/C19H21N5O2/c20-9-14-7-8-26-11-17(14)24-10-16(18(21)25)19(23-24)22-15-5-3-13(4-6-15)12-1-2-12/h3-6,10,12,14,17H,1-2,7-8,11H2,(H2,21,25)(H,22,23)/t14-,17+/m1/s1. The average Bonchev–Trinajstić information content (AvgIpc) is 3.42. The van der Waals surface area contributed by atoms with Gasteiger partial charge < -0.3 is 15.8 Å². The van der Waals surface area contributed by atoms with E-state index in [1.54, 1.807) is 10.9 Å². The Bertz CT molecular complexity index is 848. The lowest BCUT2D eigenvalue weighted by Gasteiger charge is -2.26. The summed E-state index contributed by atoms with van der Waals surface area (Å²) in [6.45, 7) is 0.963. The predicted octanol–water partition coefficient (Wildman–Crippen LogP) is 2.70. The van der Waals surface area contributed by atoms with Crippen molar-refractivity contribution in [3.05, 3.63) is 41.6 Å². The van der Waals surface area contributed by atoms with Crippen LogP contribution in [0.2, 0.25) is 0 Å². The first-order chi connectivity index (χ1) is 12.7. The molecule has 0 radical (unpaired) electrons. The molecule has 2 atom stereocenters. The Morgan fingerprint density at radius 2 is 2.08 bits per heavy atom. The summed E-state index contributed by atoms with van der Waals surface area (Å²) < 4.78 is 7.12. The number of carbonyl (C=O) groups is 1. The maximum absolute atomic E-state index is 11.8. The molecule has 4 rings (SSSR count). The molecule has 2 heterocycles. The molecule has 1 aliphatic heterocycles. The van der Waals surface area contributed by atoms with Crippen molar-refractivity contribution >= 4 is 17.4 Å². The van der Waals surface area contributed by atoms with E-state index < -0.39 is 5.91 Å². The zero-order chi connectivity index (χ0) is 18.1. The Balaban J connectivity index is 1.59. The highest BCUT2D eigenvalue weighted by molar-refractivity contribution is 5.98. The van der Waals surface area contributed by atoms with E-state index in [0.717, 1.165) is 5.69 Å². The molecular formula is C19H21N5O2. The van der Waals surface area contributed by atoms with E-state index in [1.165, 1.54) is 18.4 Å². The highest BCUT2D eigenvalue weighted by Crippen LogP contribution is 2.40. The Hall–Kier alpha value is -2.85. The molecule has 1 aromatic heterocycles. The van der Waals surface area contributed by atoms with Crippen molar-refractivity contribution in [3.63, 3.8) is 0 Å². The lowest BCUT2D eigenvalue weighted by atomic mass is 9.97. The van der Waals surface area contributed by atoms with Gasteiger partial charge in [-0.05, 0) is 42.9 Å². The van der Waals surface area contributed by atoms with Gasteiger partial charge in [-0.15, -0.1) is 0 Å². The van der Waals surface area contributed by atoms with Crippen molar-refractivity contribution in [3.8, 4) is 6.07 Å². The number of hydrogen-bond acceptors (Lipinski definition) is 5. The molecule has 7 heteroatoms. The number of benzene rings is 1. The zero-order valence-corrected chi connectivity index (χ0v) is 14.4. The third-order valence-electron chi connectivity index (χ3n) is 5.05. The topological polar surface area (TPSA) is 106 Å². The van der Waals surface area contributed by atoms with Gasteiger partial charge >= 0.3 is 0 Å². The molecule has 2 fully saturated rings. The van der Waals surface area contributed by atoms with Crippen LogP contribution in [0.4, 0.5) is 11.5 Å². The van der Waals surface area contributed by atoms with Crippen LogP contribution in [0.5, 0.6) is 0 Å². The number of nitrogens with two attached hydrogens (primary N) is 1. The van der Waals surface area contributed by atoms with Gasteiger partial charge in [0.25, 0.3) is 5.91 Å². The van der Waals surface area contributed by atoms with Crippen molar-refractivity contribution in [1.29, 1.82) is 5.26 Å². The van der Waals surface area contributed by atoms with E-state index in [2.05, 4.69) is 28.6 Å². The Morgan fingerprint density at radius 3 is 2.73 bits per heavy atom. The second-order valence-electron chi connectivity index (χ2n) is 6.92. The van der Waals surface area contributed by atoms with E-state index in [4.69, 9.17) is 10.5 Å². The Kier molecular flexibility index (Phi) is 4.35. The summed E-state index contributed by atoms with van der Waals surface area (Å²) in [5, 5.41) is 17.0. The summed E-state index contributed by atoms with van der Waals surface area (Å²) in [7, 11) is 0. The molecule has 1 aromatic carbocycles. The molecule has 7 nitrogen and oxygen atoms in total. The molecule has 1 saturated heterocycles. The Labute approximate surface area is 151 Å². The van der Waals surface area contributed by atoms with Crippen molar-refractivity contribution < 1.29 is 9.53 Å². The number of primary amides is 1. The van der Waals surface area contributed by atoms with Crippen LogP contribution < -0.4 is 11.1 Å². The number of amides is 1. The number of nitrogens with zero attached hydrogens (tertiary/aromatic N) is 3. The van der Waals surface area contributed by atoms with E-state index >= 15 is 0 Å². The molecule has 2 aliphatic rings. The summed E-state index contributed by atoms with van der Waals surface area (Å²) in [4.78, 5) is 11.8. The molecule has 2 aromatic rings. The second kappa shape index (κ2) is 6.81. The van der Waals surface area contributed by atoms with E-state index in [9.17, 15) is 10.1 Å². The third-order valence-corrected chi connectivity index (χ3v) is 5.05. The fraction of sp³-hybridized carbons (Fsp3) is 0.421. The summed E-state index contributed by atoms with van der Waals surface area (Å²) in [6.07, 6.45) is 4.77. The van der Waals surface area contributed by atoms with Crippen molar-refractivity contribution in [2.45, 2.75) is 31.2 Å². The number of carbonyl (C=O) groups excluding carboxylic acids is 1. The van der Waals surface area contributed by atoms with Gasteiger partial charge in [0.1, 0.15) is 5.56 Å². The second-order valence-corrected chi connectivity index (χ2v) is 6.92. The van der Waals surface area contributed by atoms with Crippen LogP contribution >= 0.6 is 0 Å². The normalized spacial score (nSPS) is 22.6. The zero-order valence-electron chi connectivity index (χ0n) is 14.4. The molecule has 3 N–H and O–H groups in total. The van der Waals surface area contributed by atoms with Crippen LogP contribution in [-0.4, -0.2) is 28.9 Å². The van der Waals surface area contributed by atoms with Gasteiger partial charge in [-0.3, -0.25) is 9.48 Å². The van der Waals surface area contributed by atoms with Gasteiger partial charge in [0, 0.05) is 18.5 Å². The van der Waals surface area contributed by atoms with Crippen molar-refractivity contribution in [2.75, 3.05) is 18.5 Å². The number of ether oxygens (including phenoxy) is 1. The van der Waals surface area contributed by atoms with Gasteiger partial charge in [0.2, 0.25) is 0 Å². The van der Waals surface area contributed by atoms with Gasteiger partial charge in [-0.1, -0.05) is 12.1 Å². The molecular weight excluding hydrogens is 330 g/mol. The number of aromatic nitrogens is 2. The molecule has 1 amide bonds. The fourth-order valence-electron chi connectivity index (χ4n) is 3.36. The van der Waals surface area contributed by atoms with Gasteiger partial charge in [0.15, 0.2) is 5.82 Å². The molecule has 26 heavy (non-hydrogen) atoms. The first-order valence-electron chi connectivity index (χ1n) is 8.89. The number of nitrogens with one attached hydrogen (secondary N) is 1. The first kappa shape index (κ1) is 16.6. The van der Waals surface area contributed by atoms with Crippen LogP contribution in [0.3, 0.4) is 0 Å². The molecule has 1 aliphatic carbocycles. The minimum atomic E-state index is -0.557. The first-order valence-corrected chi connectivity index (χ1v) is 8.89. The number of rotatable bonds is 5. The smallest absolute Gasteiger partial charge is 0.254 e. The summed E-state index contributed by atoms with van der Waals surface area (Å²) in [6, 6.07) is 10.3. The molecule has 134 valence electrons. The van der Waals surface area contributed by atoms with Gasteiger partial charge in [-0.25, -0.2) is 0 Å². The monoisotopic (exact) mass is 351 g/mol. The number of hydrogen-bond donors (Lipinski definition) is 2. The number of nitriles is 1. The SMILES string of the molecule is N#C[C@H]1CCOC[C@@H]1n1cc(C(N)=O)c(Nc2ccc(C3CC3)cc2)n1. The molecule has 0 spiro atoms. The van der Waals surface area contributed by atoms with E-state index in [1.807, 2.05) is 12.1 Å². The highest BCUT2D eigenvalue weighted by Gasteiger charge is 2.29. The lowest BCUT2D eigenvalue weighted by Crippen LogP contribution is -2.29. The Morgan fingerprint density at radius 1 is 1.31 bits per heavy atom. The molecule has 0 bridgehead atoms. The third kappa shape index (κ3) is 3.28. The van der Waals surface area contributed by atoms with Crippen molar-refractivity contribution in [1.82, 2.24) is 9.78 Å². The summed E-state index contributed by atoms with van der Waals surface area (Å²) >= 11 is 0. The van der Waals surface area contributed by atoms with Crippen molar-refractivity contribution in [2.24, 2.45) is 11.7 Å². The van der Waals surface area contributed by atoms with Crippen LogP contribution in [0, 0.1) is 17.2 Å². The highest BCUT2D eigenvalue weighted by atomic mass is 16.5. The molecule has 0 unspecified atom stereocenters. The average molecular weight is 351 g/mol. The van der Waals surface area contributed by atoms with Crippen LogP contribution in [0.15, 0.2) is 30.5 Å². The summed E-state index contributed by atoms with van der Waals surface area (Å²) in [5.41, 5.74) is 8.01. The minimum absolute atomic E-state index is 0.199. The minimum Gasteiger partial charge on any atom is -0.379 e. The lowest BCUT2D eigenvalue weighted by molar-refractivity contribution is 0.0342. The van der Waals surface area contributed by atoms with Crippen LogP contribution in [-0.2, 0) is 4.74 Å². The fourth-order valence-corrected chi connectivity index (χ4v) is 3.36. The maximum Gasteiger partial charge on any atom is 0.254 e. The van der Waals surface area contributed by atoms with E-state index in [-0.39, 0.29) is 12.0 Å². The van der Waals surface area contributed by atoms with Crippen LogP contribution in [0.1, 0.15) is 47.1 Å².